The highest BCUT2D eigenvalue weighted by atomic mass is 35.5. The molecule has 0 atom stereocenters. The average molecular weight is 443 g/mol. The van der Waals surface area contributed by atoms with E-state index in [0.717, 1.165) is 0 Å². The topological polar surface area (TPSA) is 159 Å². The lowest BCUT2D eigenvalue weighted by molar-refractivity contribution is -0.401. The van der Waals surface area contributed by atoms with Gasteiger partial charge in [-0.3, -0.25) is 35.1 Å². The molecule has 0 spiro atoms. The molecule has 0 radical (unpaired) electrons. The molecular formula is C19H11ClN4O7. The lowest BCUT2D eigenvalue weighted by Crippen LogP contribution is -2.05. The average Bonchev–Trinajstić information content (AvgIpc) is 2.74. The van der Waals surface area contributed by atoms with Gasteiger partial charge in [0.2, 0.25) is 0 Å². The SMILES string of the molecule is O=C(c1ccccc1)c1ccc(Nc2c([N+](=O)[O-])cc([N+](=O)[O-])cc2[N+](=O)[O-])c(Cl)c1. The zero-order chi connectivity index (χ0) is 22.7. The van der Waals surface area contributed by atoms with Crippen LogP contribution in [0.3, 0.4) is 0 Å². The van der Waals surface area contributed by atoms with Gasteiger partial charge < -0.3 is 5.32 Å². The number of nitrogens with zero attached hydrogens (tertiary/aromatic N) is 3. The van der Waals surface area contributed by atoms with E-state index in [0.29, 0.717) is 17.7 Å². The molecule has 0 aliphatic carbocycles. The number of rotatable bonds is 7. The van der Waals surface area contributed by atoms with Crippen LogP contribution >= 0.6 is 11.6 Å². The van der Waals surface area contributed by atoms with Crippen molar-refractivity contribution >= 4 is 45.8 Å². The molecule has 1 N–H and O–H groups in total. The molecule has 0 unspecified atom stereocenters. The Hall–Kier alpha value is -4.38. The monoisotopic (exact) mass is 442 g/mol. The molecule has 31 heavy (non-hydrogen) atoms. The van der Waals surface area contributed by atoms with Crippen LogP contribution in [0, 0.1) is 30.3 Å². The molecule has 0 fully saturated rings. The molecule has 0 amide bonds. The molecule has 3 rings (SSSR count). The smallest absolute Gasteiger partial charge is 0.306 e. The number of non-ortho nitro benzene ring substituents is 1. The van der Waals surface area contributed by atoms with Crippen LogP contribution in [-0.2, 0) is 0 Å². The van der Waals surface area contributed by atoms with Gasteiger partial charge in [0.25, 0.3) is 5.69 Å². The van der Waals surface area contributed by atoms with Gasteiger partial charge in [0, 0.05) is 11.1 Å². The third-order valence-corrected chi connectivity index (χ3v) is 4.53. The second-order valence-corrected chi connectivity index (χ2v) is 6.55. The van der Waals surface area contributed by atoms with E-state index < -0.39 is 37.5 Å². The van der Waals surface area contributed by atoms with Gasteiger partial charge in [-0.1, -0.05) is 41.9 Å². The number of nitro benzene ring substituents is 3. The van der Waals surface area contributed by atoms with E-state index in [1.165, 1.54) is 18.2 Å². The first kappa shape index (κ1) is 21.3. The maximum Gasteiger partial charge on any atom is 0.306 e. The highest BCUT2D eigenvalue weighted by Crippen LogP contribution is 2.41. The Morgan fingerprint density at radius 2 is 1.35 bits per heavy atom. The highest BCUT2D eigenvalue weighted by molar-refractivity contribution is 6.34. The van der Waals surface area contributed by atoms with Crippen LogP contribution in [0.5, 0.6) is 0 Å². The van der Waals surface area contributed by atoms with E-state index in [1.807, 2.05) is 0 Å². The third-order valence-electron chi connectivity index (χ3n) is 4.21. The lowest BCUT2D eigenvalue weighted by Gasteiger charge is -2.11. The van der Waals surface area contributed by atoms with Crippen LogP contribution in [0.2, 0.25) is 5.02 Å². The van der Waals surface area contributed by atoms with E-state index in [1.54, 1.807) is 30.3 Å². The second-order valence-electron chi connectivity index (χ2n) is 6.15. The number of benzene rings is 3. The Morgan fingerprint density at radius 3 is 1.84 bits per heavy atom. The molecule has 0 aliphatic heterocycles. The van der Waals surface area contributed by atoms with Crippen LogP contribution in [0.25, 0.3) is 0 Å². The Kier molecular flexibility index (Phi) is 5.88. The van der Waals surface area contributed by atoms with Gasteiger partial charge in [-0.2, -0.15) is 0 Å². The van der Waals surface area contributed by atoms with Crippen LogP contribution < -0.4 is 5.32 Å². The van der Waals surface area contributed by atoms with E-state index >= 15 is 0 Å². The zero-order valence-corrected chi connectivity index (χ0v) is 16.1. The van der Waals surface area contributed by atoms with Crippen molar-refractivity contribution in [3.63, 3.8) is 0 Å². The van der Waals surface area contributed by atoms with Crippen molar-refractivity contribution in [2.75, 3.05) is 5.32 Å². The predicted octanol–water partition coefficient (Wildman–Crippen LogP) is 5.04. The van der Waals surface area contributed by atoms with Crippen LogP contribution in [0.15, 0.2) is 60.7 Å². The number of carbonyl (C=O) groups is 1. The first-order valence-corrected chi connectivity index (χ1v) is 8.84. The van der Waals surface area contributed by atoms with Crippen molar-refractivity contribution in [1.82, 2.24) is 0 Å². The number of nitro groups is 3. The minimum Gasteiger partial charge on any atom is -0.343 e. The molecule has 0 aromatic heterocycles. The Morgan fingerprint density at radius 1 is 0.774 bits per heavy atom. The van der Waals surface area contributed by atoms with E-state index in [-0.39, 0.29) is 22.1 Å². The van der Waals surface area contributed by atoms with Gasteiger partial charge in [-0.15, -0.1) is 0 Å². The van der Waals surface area contributed by atoms with E-state index in [4.69, 9.17) is 11.6 Å². The molecule has 11 nitrogen and oxygen atoms in total. The Bertz CT molecular complexity index is 1200. The predicted molar refractivity (Wildman–Crippen MR) is 111 cm³/mol. The number of hydrogen-bond acceptors (Lipinski definition) is 8. The summed E-state index contributed by atoms with van der Waals surface area (Å²) < 4.78 is 0. The standard InChI is InChI=1S/C19H11ClN4O7/c20-14-8-12(19(25)11-4-2-1-3-5-11)6-7-15(14)21-18-16(23(28)29)9-13(22(26)27)10-17(18)24(30)31/h1-10,21H. The quantitative estimate of drug-likeness (QED) is 0.302. The lowest BCUT2D eigenvalue weighted by atomic mass is 10.0. The van der Waals surface area contributed by atoms with E-state index in [9.17, 15) is 35.1 Å². The fourth-order valence-electron chi connectivity index (χ4n) is 2.77. The summed E-state index contributed by atoms with van der Waals surface area (Å²) in [6.07, 6.45) is 0. The fraction of sp³-hybridized carbons (Fsp3) is 0. The largest absolute Gasteiger partial charge is 0.343 e. The summed E-state index contributed by atoms with van der Waals surface area (Å²) in [5.41, 5.74) is -2.45. The van der Waals surface area contributed by atoms with Gasteiger partial charge in [0.05, 0.1) is 37.6 Å². The summed E-state index contributed by atoms with van der Waals surface area (Å²) >= 11 is 6.19. The molecule has 0 aliphatic rings. The Labute approximate surface area is 178 Å². The maximum absolute atomic E-state index is 12.5. The number of carbonyl (C=O) groups excluding carboxylic acids is 1. The number of nitrogens with one attached hydrogen (secondary N) is 1. The zero-order valence-electron chi connectivity index (χ0n) is 15.4. The summed E-state index contributed by atoms with van der Waals surface area (Å²) in [6, 6.07) is 13.6. The second kappa shape index (κ2) is 8.55. The fourth-order valence-corrected chi connectivity index (χ4v) is 3.00. The summed E-state index contributed by atoms with van der Waals surface area (Å²) in [4.78, 5) is 43.4. The van der Waals surface area contributed by atoms with Crippen molar-refractivity contribution in [2.45, 2.75) is 0 Å². The summed E-state index contributed by atoms with van der Waals surface area (Å²) in [5, 5.41) is 36.2. The molecule has 3 aromatic rings. The normalized spacial score (nSPS) is 10.4. The molecule has 0 saturated carbocycles. The molecule has 156 valence electrons. The van der Waals surface area contributed by atoms with Crippen LogP contribution in [-0.4, -0.2) is 20.6 Å². The number of halogens is 1. The molecule has 12 heteroatoms. The number of hydrogen-bond donors (Lipinski definition) is 1. The van der Waals surface area contributed by atoms with Crippen LogP contribution in [0.4, 0.5) is 28.4 Å². The van der Waals surface area contributed by atoms with Gasteiger partial charge in [-0.25, -0.2) is 0 Å². The van der Waals surface area contributed by atoms with Gasteiger partial charge in [0.15, 0.2) is 11.5 Å². The van der Waals surface area contributed by atoms with Crippen molar-refractivity contribution < 1.29 is 19.6 Å². The van der Waals surface area contributed by atoms with E-state index in [2.05, 4.69) is 5.32 Å². The van der Waals surface area contributed by atoms with Crippen molar-refractivity contribution in [1.29, 1.82) is 0 Å². The van der Waals surface area contributed by atoms with Gasteiger partial charge in [-0.05, 0) is 18.2 Å². The highest BCUT2D eigenvalue weighted by Gasteiger charge is 2.31. The first-order chi connectivity index (χ1) is 14.7. The van der Waals surface area contributed by atoms with Crippen molar-refractivity contribution in [3.8, 4) is 0 Å². The molecular weight excluding hydrogens is 432 g/mol. The number of anilines is 2. The minimum atomic E-state index is -0.983. The minimum absolute atomic E-state index is 0.0336. The molecule has 0 saturated heterocycles. The number of ketones is 1. The maximum atomic E-state index is 12.5. The summed E-state index contributed by atoms with van der Waals surface area (Å²) in [5.74, 6) is -0.318. The van der Waals surface area contributed by atoms with Crippen LogP contribution in [0.1, 0.15) is 15.9 Å². The third kappa shape index (κ3) is 4.46. The Balaban J connectivity index is 2.04. The van der Waals surface area contributed by atoms with Crippen molar-refractivity contribution in [3.05, 3.63) is 107 Å². The molecule has 3 aromatic carbocycles. The molecule has 0 bridgehead atoms. The van der Waals surface area contributed by atoms with Gasteiger partial charge in [0.1, 0.15) is 0 Å². The summed E-state index contributed by atoms with van der Waals surface area (Å²) in [7, 11) is 0. The van der Waals surface area contributed by atoms with Crippen molar-refractivity contribution in [2.24, 2.45) is 0 Å². The summed E-state index contributed by atoms with van der Waals surface area (Å²) in [6.45, 7) is 0. The molecule has 0 heterocycles. The first-order valence-electron chi connectivity index (χ1n) is 8.46. The van der Waals surface area contributed by atoms with Gasteiger partial charge >= 0.3 is 11.4 Å².